The second-order valence-corrected chi connectivity index (χ2v) is 6.39. The lowest BCUT2D eigenvalue weighted by molar-refractivity contribution is -0.136. The highest BCUT2D eigenvalue weighted by Crippen LogP contribution is 2.17. The number of likely N-dealkylation sites (tertiary alicyclic amines) is 1. The molecule has 0 bridgehead atoms. The van der Waals surface area contributed by atoms with Crippen LogP contribution in [-0.2, 0) is 11.3 Å². The van der Waals surface area contributed by atoms with E-state index in [4.69, 9.17) is 0 Å². The average molecular weight is 317 g/mol. The summed E-state index contributed by atoms with van der Waals surface area (Å²) in [6, 6.07) is 9.35. The van der Waals surface area contributed by atoms with Crippen LogP contribution in [0.25, 0.3) is 0 Å². The molecule has 0 aromatic heterocycles. The van der Waals surface area contributed by atoms with Gasteiger partial charge in [0.1, 0.15) is 6.04 Å². The Balaban J connectivity index is 1.87. The summed E-state index contributed by atoms with van der Waals surface area (Å²) in [6.07, 6.45) is 3.26. The highest BCUT2D eigenvalue weighted by molar-refractivity contribution is 5.86. The summed E-state index contributed by atoms with van der Waals surface area (Å²) < 4.78 is 0. The van der Waals surface area contributed by atoms with Gasteiger partial charge in [0.15, 0.2) is 0 Å². The molecule has 0 spiro atoms. The molecule has 1 saturated heterocycles. The van der Waals surface area contributed by atoms with Crippen molar-refractivity contribution in [3.63, 3.8) is 0 Å². The molecular formula is C18H27N3O2. The van der Waals surface area contributed by atoms with E-state index in [2.05, 4.69) is 12.2 Å². The Morgan fingerprint density at radius 3 is 2.65 bits per heavy atom. The van der Waals surface area contributed by atoms with E-state index in [9.17, 15) is 9.59 Å². The fourth-order valence-corrected chi connectivity index (χ4v) is 2.96. The molecule has 3 amide bonds. The Hall–Kier alpha value is -2.04. The number of hydrogen-bond donors (Lipinski definition) is 1. The van der Waals surface area contributed by atoms with Crippen LogP contribution in [0.15, 0.2) is 30.3 Å². The summed E-state index contributed by atoms with van der Waals surface area (Å²) in [5.74, 6) is 0.0126. The number of carbonyl (C=O) groups excluding carboxylic acids is 2. The zero-order valence-corrected chi connectivity index (χ0v) is 14.3. The topological polar surface area (TPSA) is 52.7 Å². The maximum atomic E-state index is 12.5. The molecule has 1 heterocycles. The Kier molecular flexibility index (Phi) is 6.02. The van der Waals surface area contributed by atoms with Crippen molar-refractivity contribution in [3.8, 4) is 0 Å². The predicted octanol–water partition coefficient (Wildman–Crippen LogP) is 2.62. The summed E-state index contributed by atoms with van der Waals surface area (Å²) in [6.45, 7) is 5.15. The fourth-order valence-electron chi connectivity index (χ4n) is 2.96. The second kappa shape index (κ2) is 7.99. The largest absolute Gasteiger partial charge is 0.338 e. The predicted molar refractivity (Wildman–Crippen MR) is 90.9 cm³/mol. The van der Waals surface area contributed by atoms with Crippen LogP contribution in [0.2, 0.25) is 0 Å². The van der Waals surface area contributed by atoms with E-state index in [0.29, 0.717) is 6.54 Å². The molecule has 0 aliphatic carbocycles. The smallest absolute Gasteiger partial charge is 0.318 e. The van der Waals surface area contributed by atoms with Crippen molar-refractivity contribution in [1.82, 2.24) is 15.1 Å². The van der Waals surface area contributed by atoms with Gasteiger partial charge in [-0.1, -0.05) is 30.3 Å². The zero-order valence-electron chi connectivity index (χ0n) is 14.3. The molecule has 2 atom stereocenters. The molecule has 5 nitrogen and oxygen atoms in total. The molecule has 0 radical (unpaired) electrons. The van der Waals surface area contributed by atoms with Crippen LogP contribution in [0.3, 0.4) is 0 Å². The van der Waals surface area contributed by atoms with Gasteiger partial charge in [0.05, 0.1) is 0 Å². The fraction of sp³-hybridized carbons (Fsp3) is 0.556. The Morgan fingerprint density at radius 2 is 2.00 bits per heavy atom. The van der Waals surface area contributed by atoms with Gasteiger partial charge in [-0.2, -0.15) is 0 Å². The van der Waals surface area contributed by atoms with Crippen molar-refractivity contribution < 1.29 is 9.59 Å². The molecule has 1 aliphatic heterocycles. The molecule has 1 fully saturated rings. The van der Waals surface area contributed by atoms with E-state index in [1.807, 2.05) is 35.2 Å². The van der Waals surface area contributed by atoms with E-state index in [1.165, 1.54) is 6.42 Å². The number of urea groups is 1. The van der Waals surface area contributed by atoms with E-state index in [1.54, 1.807) is 18.9 Å². The molecule has 126 valence electrons. The first-order chi connectivity index (χ1) is 11.0. The van der Waals surface area contributed by atoms with Crippen molar-refractivity contribution in [2.45, 2.75) is 51.7 Å². The molecule has 1 aromatic carbocycles. The number of hydrogen-bond acceptors (Lipinski definition) is 2. The minimum absolute atomic E-state index is 0.0126. The first-order valence-electron chi connectivity index (χ1n) is 8.35. The molecule has 1 N–H and O–H groups in total. The lowest BCUT2D eigenvalue weighted by Gasteiger charge is -2.35. The number of nitrogens with zero attached hydrogens (tertiary/aromatic N) is 2. The summed E-state index contributed by atoms with van der Waals surface area (Å²) >= 11 is 0. The molecule has 0 unspecified atom stereocenters. The summed E-state index contributed by atoms with van der Waals surface area (Å²) in [4.78, 5) is 28.3. The van der Waals surface area contributed by atoms with E-state index in [0.717, 1.165) is 24.9 Å². The van der Waals surface area contributed by atoms with Crippen LogP contribution in [0, 0.1) is 0 Å². The maximum absolute atomic E-state index is 12.5. The third-order valence-electron chi connectivity index (χ3n) is 4.41. The number of amides is 3. The lowest BCUT2D eigenvalue weighted by atomic mass is 10.0. The first kappa shape index (κ1) is 17.3. The number of piperidine rings is 1. The van der Waals surface area contributed by atoms with E-state index < -0.39 is 6.04 Å². The molecule has 1 aliphatic rings. The highest BCUT2D eigenvalue weighted by Gasteiger charge is 2.28. The van der Waals surface area contributed by atoms with Gasteiger partial charge < -0.3 is 15.1 Å². The number of benzene rings is 1. The highest BCUT2D eigenvalue weighted by atomic mass is 16.2. The quantitative estimate of drug-likeness (QED) is 0.928. The Labute approximate surface area is 138 Å². The minimum atomic E-state index is -0.499. The van der Waals surface area contributed by atoms with E-state index >= 15 is 0 Å². The van der Waals surface area contributed by atoms with Gasteiger partial charge in [0, 0.05) is 26.2 Å². The van der Waals surface area contributed by atoms with Gasteiger partial charge in [0.2, 0.25) is 5.91 Å². The van der Waals surface area contributed by atoms with Gasteiger partial charge in [-0.3, -0.25) is 4.79 Å². The molecule has 1 aromatic rings. The van der Waals surface area contributed by atoms with Crippen LogP contribution in [0.4, 0.5) is 4.79 Å². The third-order valence-corrected chi connectivity index (χ3v) is 4.41. The van der Waals surface area contributed by atoms with Crippen molar-refractivity contribution in [3.05, 3.63) is 35.9 Å². The van der Waals surface area contributed by atoms with Crippen LogP contribution in [0.1, 0.15) is 38.7 Å². The van der Waals surface area contributed by atoms with Gasteiger partial charge >= 0.3 is 6.03 Å². The lowest BCUT2D eigenvalue weighted by Crippen LogP contribution is -2.53. The van der Waals surface area contributed by atoms with Crippen molar-refractivity contribution in [1.29, 1.82) is 0 Å². The minimum Gasteiger partial charge on any atom is -0.338 e. The van der Waals surface area contributed by atoms with Crippen LogP contribution in [-0.4, -0.2) is 47.4 Å². The van der Waals surface area contributed by atoms with Crippen molar-refractivity contribution in [2.75, 3.05) is 13.6 Å². The average Bonchev–Trinajstić information content (AvgIpc) is 2.55. The molecule has 0 saturated carbocycles. The van der Waals surface area contributed by atoms with E-state index in [-0.39, 0.29) is 18.0 Å². The summed E-state index contributed by atoms with van der Waals surface area (Å²) in [7, 11) is 1.74. The van der Waals surface area contributed by atoms with Gasteiger partial charge in [0.25, 0.3) is 0 Å². The molecular weight excluding hydrogens is 290 g/mol. The second-order valence-electron chi connectivity index (χ2n) is 6.39. The normalized spacial score (nSPS) is 19.1. The summed E-state index contributed by atoms with van der Waals surface area (Å²) in [5, 5.41) is 2.81. The van der Waals surface area contributed by atoms with Gasteiger partial charge in [-0.05, 0) is 38.7 Å². The van der Waals surface area contributed by atoms with Crippen molar-refractivity contribution >= 4 is 11.9 Å². The van der Waals surface area contributed by atoms with Crippen LogP contribution in [0.5, 0.6) is 0 Å². The molecule has 2 rings (SSSR count). The Bertz CT molecular complexity index is 532. The number of carbonyl (C=O) groups is 2. The van der Waals surface area contributed by atoms with Crippen molar-refractivity contribution in [2.24, 2.45) is 0 Å². The summed E-state index contributed by atoms with van der Waals surface area (Å²) in [5.41, 5.74) is 1.06. The Morgan fingerprint density at radius 1 is 1.30 bits per heavy atom. The SMILES string of the molecule is C[C@@H](NC(=O)N(C)Cc1ccccc1)C(=O)N1CCCC[C@@H]1C. The molecule has 23 heavy (non-hydrogen) atoms. The zero-order chi connectivity index (χ0) is 16.8. The van der Waals surface area contributed by atoms with Crippen LogP contribution < -0.4 is 5.32 Å². The van der Waals surface area contributed by atoms with Gasteiger partial charge in [-0.15, -0.1) is 0 Å². The third kappa shape index (κ3) is 4.71. The van der Waals surface area contributed by atoms with Crippen LogP contribution >= 0.6 is 0 Å². The standard InChI is InChI=1S/C18H27N3O2/c1-14-9-7-8-12-21(14)17(22)15(2)19-18(23)20(3)13-16-10-5-4-6-11-16/h4-6,10-11,14-15H,7-9,12-13H2,1-3H3,(H,19,23)/t14-,15+/m0/s1. The molecule has 5 heteroatoms. The monoisotopic (exact) mass is 317 g/mol. The maximum Gasteiger partial charge on any atom is 0.318 e. The first-order valence-corrected chi connectivity index (χ1v) is 8.35. The van der Waals surface area contributed by atoms with Gasteiger partial charge in [-0.25, -0.2) is 4.79 Å². The number of rotatable bonds is 4. The number of nitrogens with one attached hydrogen (secondary N) is 1.